The second kappa shape index (κ2) is 6.77. The number of likely N-dealkylation sites (N-methyl/N-ethyl adjacent to an activating group) is 1. The van der Waals surface area contributed by atoms with E-state index in [1.165, 1.54) is 24.0 Å². The number of benzene rings is 1. The second-order valence-corrected chi connectivity index (χ2v) is 5.05. The van der Waals surface area contributed by atoms with Gasteiger partial charge in [-0.15, -0.1) is 0 Å². The number of aliphatic hydroxyl groups is 1. The maximum absolute atomic E-state index is 10.2. The highest BCUT2D eigenvalue weighted by atomic mass is 16.3. The van der Waals surface area contributed by atoms with Gasteiger partial charge in [0.05, 0.1) is 6.10 Å². The summed E-state index contributed by atoms with van der Waals surface area (Å²) in [6.07, 6.45) is 2.01. The molecular formula is C15H25NO. The SMILES string of the molecule is CCCCN(C)CC(O)c1cc(C)cc(C)c1. The second-order valence-electron chi connectivity index (χ2n) is 5.05. The summed E-state index contributed by atoms with van der Waals surface area (Å²) in [6, 6.07) is 6.29. The quantitative estimate of drug-likeness (QED) is 0.819. The van der Waals surface area contributed by atoms with Crippen LogP contribution >= 0.6 is 0 Å². The van der Waals surface area contributed by atoms with Crippen LogP contribution in [0.2, 0.25) is 0 Å². The molecule has 1 aromatic rings. The summed E-state index contributed by atoms with van der Waals surface area (Å²) >= 11 is 0. The minimum Gasteiger partial charge on any atom is -0.387 e. The van der Waals surface area contributed by atoms with Crippen LogP contribution in [0.3, 0.4) is 0 Å². The first-order valence-electron chi connectivity index (χ1n) is 6.47. The van der Waals surface area contributed by atoms with E-state index in [0.717, 1.165) is 12.1 Å². The van der Waals surface area contributed by atoms with Gasteiger partial charge in [-0.25, -0.2) is 0 Å². The van der Waals surface area contributed by atoms with Crippen molar-refractivity contribution >= 4 is 0 Å². The zero-order valence-electron chi connectivity index (χ0n) is 11.5. The van der Waals surface area contributed by atoms with Crippen LogP contribution in [0.15, 0.2) is 18.2 Å². The molecule has 1 aromatic carbocycles. The molecule has 0 fully saturated rings. The molecule has 1 unspecified atom stereocenters. The van der Waals surface area contributed by atoms with E-state index >= 15 is 0 Å². The number of rotatable bonds is 6. The van der Waals surface area contributed by atoms with Gasteiger partial charge in [0.15, 0.2) is 0 Å². The highest BCUT2D eigenvalue weighted by molar-refractivity contribution is 5.30. The van der Waals surface area contributed by atoms with E-state index in [9.17, 15) is 5.11 Å². The molecule has 0 aliphatic heterocycles. The fourth-order valence-electron chi connectivity index (χ4n) is 2.12. The van der Waals surface area contributed by atoms with Gasteiger partial charge in [0.2, 0.25) is 0 Å². The van der Waals surface area contributed by atoms with Gasteiger partial charge in [0.25, 0.3) is 0 Å². The number of hydrogen-bond acceptors (Lipinski definition) is 2. The lowest BCUT2D eigenvalue weighted by Gasteiger charge is -2.21. The normalized spacial score (nSPS) is 13.1. The molecule has 0 heterocycles. The highest BCUT2D eigenvalue weighted by Gasteiger charge is 2.11. The Hall–Kier alpha value is -0.860. The lowest BCUT2D eigenvalue weighted by molar-refractivity contribution is 0.126. The van der Waals surface area contributed by atoms with E-state index < -0.39 is 0 Å². The summed E-state index contributed by atoms with van der Waals surface area (Å²) < 4.78 is 0. The van der Waals surface area contributed by atoms with Crippen LogP contribution in [0.25, 0.3) is 0 Å². The van der Waals surface area contributed by atoms with Crippen LogP contribution < -0.4 is 0 Å². The number of unbranched alkanes of at least 4 members (excludes halogenated alkanes) is 1. The molecule has 0 saturated carbocycles. The molecule has 1 rings (SSSR count). The molecule has 0 spiro atoms. The minimum absolute atomic E-state index is 0.379. The highest BCUT2D eigenvalue weighted by Crippen LogP contribution is 2.17. The molecule has 0 aromatic heterocycles. The van der Waals surface area contributed by atoms with Crippen molar-refractivity contribution in [3.05, 3.63) is 34.9 Å². The van der Waals surface area contributed by atoms with Crippen molar-refractivity contribution in [1.82, 2.24) is 4.90 Å². The summed E-state index contributed by atoms with van der Waals surface area (Å²) in [6.45, 7) is 8.10. The van der Waals surface area contributed by atoms with Gasteiger partial charge in [-0.1, -0.05) is 42.7 Å². The summed E-state index contributed by atoms with van der Waals surface area (Å²) in [5, 5.41) is 10.2. The Morgan fingerprint density at radius 3 is 2.29 bits per heavy atom. The van der Waals surface area contributed by atoms with Crippen LogP contribution in [0.5, 0.6) is 0 Å². The molecule has 1 atom stereocenters. The Morgan fingerprint density at radius 1 is 1.18 bits per heavy atom. The molecule has 2 nitrogen and oxygen atoms in total. The molecule has 2 heteroatoms. The van der Waals surface area contributed by atoms with Crippen molar-refractivity contribution in [2.24, 2.45) is 0 Å². The van der Waals surface area contributed by atoms with E-state index in [1.54, 1.807) is 0 Å². The topological polar surface area (TPSA) is 23.5 Å². The molecular weight excluding hydrogens is 210 g/mol. The summed E-state index contributed by atoms with van der Waals surface area (Å²) in [4.78, 5) is 2.20. The Morgan fingerprint density at radius 2 is 1.76 bits per heavy atom. The first-order chi connectivity index (χ1) is 8.02. The largest absolute Gasteiger partial charge is 0.387 e. The minimum atomic E-state index is -0.379. The van der Waals surface area contributed by atoms with Gasteiger partial charge in [0, 0.05) is 6.54 Å². The molecule has 0 bridgehead atoms. The fraction of sp³-hybridized carbons (Fsp3) is 0.600. The van der Waals surface area contributed by atoms with Crippen LogP contribution in [0, 0.1) is 13.8 Å². The van der Waals surface area contributed by atoms with E-state index in [4.69, 9.17) is 0 Å². The molecule has 1 N–H and O–H groups in total. The summed E-state index contributed by atoms with van der Waals surface area (Å²) in [5.74, 6) is 0. The number of nitrogens with zero attached hydrogens (tertiary/aromatic N) is 1. The van der Waals surface area contributed by atoms with Crippen molar-refractivity contribution in [3.63, 3.8) is 0 Å². The number of aliphatic hydroxyl groups excluding tert-OH is 1. The molecule has 0 radical (unpaired) electrons. The zero-order valence-corrected chi connectivity index (χ0v) is 11.5. The maximum atomic E-state index is 10.2. The van der Waals surface area contributed by atoms with Gasteiger partial charge in [0.1, 0.15) is 0 Å². The standard InChI is InChI=1S/C15H25NO/c1-5-6-7-16(4)11-15(17)14-9-12(2)8-13(3)10-14/h8-10,15,17H,5-7,11H2,1-4H3. The smallest absolute Gasteiger partial charge is 0.0916 e. The molecule has 17 heavy (non-hydrogen) atoms. The average Bonchev–Trinajstić information content (AvgIpc) is 2.25. The lowest BCUT2D eigenvalue weighted by Crippen LogP contribution is -2.25. The van der Waals surface area contributed by atoms with Crippen molar-refractivity contribution < 1.29 is 5.11 Å². The predicted octanol–water partition coefficient (Wildman–Crippen LogP) is 3.07. The lowest BCUT2D eigenvalue weighted by atomic mass is 10.0. The zero-order chi connectivity index (χ0) is 12.8. The van der Waals surface area contributed by atoms with Crippen LogP contribution in [-0.4, -0.2) is 30.1 Å². The van der Waals surface area contributed by atoms with E-state index in [-0.39, 0.29) is 6.10 Å². The first kappa shape index (κ1) is 14.2. The van der Waals surface area contributed by atoms with Crippen LogP contribution in [-0.2, 0) is 0 Å². The third kappa shape index (κ3) is 4.88. The van der Waals surface area contributed by atoms with Gasteiger partial charge in [-0.2, -0.15) is 0 Å². The monoisotopic (exact) mass is 235 g/mol. The van der Waals surface area contributed by atoms with Crippen LogP contribution in [0.1, 0.15) is 42.6 Å². The van der Waals surface area contributed by atoms with E-state index in [1.807, 2.05) is 0 Å². The van der Waals surface area contributed by atoms with Crippen molar-refractivity contribution in [3.8, 4) is 0 Å². The third-order valence-corrected chi connectivity index (χ3v) is 3.01. The molecule has 0 aliphatic rings. The summed E-state index contributed by atoms with van der Waals surface area (Å²) in [5.41, 5.74) is 3.47. The maximum Gasteiger partial charge on any atom is 0.0916 e. The fourth-order valence-corrected chi connectivity index (χ4v) is 2.12. The van der Waals surface area contributed by atoms with Crippen molar-refractivity contribution in [2.45, 2.75) is 39.7 Å². The Kier molecular flexibility index (Phi) is 5.66. The van der Waals surface area contributed by atoms with Crippen LogP contribution in [0.4, 0.5) is 0 Å². The van der Waals surface area contributed by atoms with Gasteiger partial charge in [-0.3, -0.25) is 0 Å². The van der Waals surface area contributed by atoms with Gasteiger partial charge >= 0.3 is 0 Å². The Balaban J connectivity index is 2.59. The number of aryl methyl sites for hydroxylation is 2. The number of hydrogen-bond donors (Lipinski definition) is 1. The molecule has 96 valence electrons. The summed E-state index contributed by atoms with van der Waals surface area (Å²) in [7, 11) is 2.07. The molecule has 0 saturated heterocycles. The Bertz CT molecular complexity index is 329. The third-order valence-electron chi connectivity index (χ3n) is 3.01. The van der Waals surface area contributed by atoms with Crippen molar-refractivity contribution in [2.75, 3.05) is 20.1 Å². The molecule has 0 amide bonds. The van der Waals surface area contributed by atoms with Crippen molar-refractivity contribution in [1.29, 1.82) is 0 Å². The van der Waals surface area contributed by atoms with Gasteiger partial charge in [-0.05, 0) is 39.4 Å². The first-order valence-corrected chi connectivity index (χ1v) is 6.47. The van der Waals surface area contributed by atoms with E-state index in [0.29, 0.717) is 6.54 Å². The van der Waals surface area contributed by atoms with Gasteiger partial charge < -0.3 is 10.0 Å². The Labute approximate surface area is 105 Å². The van der Waals surface area contributed by atoms with E-state index in [2.05, 4.69) is 50.9 Å². The average molecular weight is 235 g/mol. The predicted molar refractivity (Wildman–Crippen MR) is 73.3 cm³/mol. The molecule has 0 aliphatic carbocycles.